The summed E-state index contributed by atoms with van der Waals surface area (Å²) in [6, 6.07) is 8.71. The quantitative estimate of drug-likeness (QED) is 0.577. The van der Waals surface area contributed by atoms with Crippen molar-refractivity contribution in [2.75, 3.05) is 14.2 Å². The number of aliphatic imine (C=N–C) groups is 1. The molecule has 1 aromatic rings. The van der Waals surface area contributed by atoms with Crippen LogP contribution in [0.25, 0.3) is 0 Å². The first kappa shape index (κ1) is 14.9. The van der Waals surface area contributed by atoms with E-state index in [-0.39, 0.29) is 18.8 Å². The molecule has 19 heavy (non-hydrogen) atoms. The number of rotatable bonds is 6. The second kappa shape index (κ2) is 8.02. The molecule has 5 nitrogen and oxygen atoms in total. The van der Waals surface area contributed by atoms with Crippen LogP contribution in [0.15, 0.2) is 35.3 Å². The van der Waals surface area contributed by atoms with Crippen LogP contribution < -0.4 is 0 Å². The van der Waals surface area contributed by atoms with Crippen LogP contribution in [0.4, 0.5) is 0 Å². The first-order valence-corrected chi connectivity index (χ1v) is 5.90. The van der Waals surface area contributed by atoms with Gasteiger partial charge in [-0.25, -0.2) is 4.79 Å². The minimum atomic E-state index is -0.690. The van der Waals surface area contributed by atoms with Crippen molar-refractivity contribution < 1.29 is 19.1 Å². The van der Waals surface area contributed by atoms with E-state index in [1.807, 2.05) is 30.3 Å². The lowest BCUT2D eigenvalue weighted by molar-refractivity contribution is -0.143. The number of hydrogen-bond acceptors (Lipinski definition) is 5. The third kappa shape index (κ3) is 5.33. The molecule has 0 aliphatic rings. The average molecular weight is 263 g/mol. The summed E-state index contributed by atoms with van der Waals surface area (Å²) in [5.41, 5.74) is 0.884. The lowest BCUT2D eigenvalue weighted by atomic mass is 10.1. The van der Waals surface area contributed by atoms with E-state index in [1.54, 1.807) is 6.21 Å². The van der Waals surface area contributed by atoms with E-state index in [4.69, 9.17) is 0 Å². The predicted octanol–water partition coefficient (Wildman–Crippen LogP) is 1.60. The van der Waals surface area contributed by atoms with Crippen molar-refractivity contribution in [3.63, 3.8) is 0 Å². The summed E-state index contributed by atoms with van der Waals surface area (Å²) >= 11 is 0. The van der Waals surface area contributed by atoms with Gasteiger partial charge in [0.25, 0.3) is 0 Å². The summed E-state index contributed by atoms with van der Waals surface area (Å²) in [6.45, 7) is 0. The van der Waals surface area contributed by atoms with Crippen molar-refractivity contribution in [2.24, 2.45) is 4.99 Å². The maximum atomic E-state index is 11.5. The fraction of sp³-hybridized carbons (Fsp3) is 0.357. The highest BCUT2D eigenvalue weighted by molar-refractivity contribution is 5.84. The predicted molar refractivity (Wildman–Crippen MR) is 71.1 cm³/mol. The number of nitrogens with zero attached hydrogens (tertiary/aromatic N) is 1. The molecule has 0 aromatic heterocycles. The molecule has 0 fully saturated rings. The summed E-state index contributed by atoms with van der Waals surface area (Å²) in [5.74, 6) is -0.833. The van der Waals surface area contributed by atoms with E-state index in [1.165, 1.54) is 14.2 Å². The summed E-state index contributed by atoms with van der Waals surface area (Å²) < 4.78 is 9.20. The van der Waals surface area contributed by atoms with Crippen molar-refractivity contribution in [2.45, 2.75) is 18.9 Å². The van der Waals surface area contributed by atoms with Crippen LogP contribution in [0.5, 0.6) is 0 Å². The number of carbonyl (C=O) groups is 2. The molecule has 1 rings (SSSR count). The fourth-order valence-corrected chi connectivity index (χ4v) is 1.46. The molecule has 0 amide bonds. The second-order valence-electron chi connectivity index (χ2n) is 3.84. The normalized spacial score (nSPS) is 12.1. The van der Waals surface area contributed by atoms with E-state index < -0.39 is 12.0 Å². The first-order valence-electron chi connectivity index (χ1n) is 5.90. The zero-order chi connectivity index (χ0) is 14.1. The highest BCUT2D eigenvalue weighted by Gasteiger charge is 2.18. The number of hydrogen-bond donors (Lipinski definition) is 0. The van der Waals surface area contributed by atoms with Gasteiger partial charge in [0.15, 0.2) is 0 Å². The molecule has 0 N–H and O–H groups in total. The fourth-order valence-electron chi connectivity index (χ4n) is 1.46. The van der Waals surface area contributed by atoms with E-state index in [2.05, 4.69) is 14.5 Å². The van der Waals surface area contributed by atoms with Gasteiger partial charge in [0.05, 0.1) is 14.2 Å². The van der Waals surface area contributed by atoms with E-state index in [0.29, 0.717) is 0 Å². The lowest BCUT2D eigenvalue weighted by Crippen LogP contribution is -2.21. The highest BCUT2D eigenvalue weighted by Crippen LogP contribution is 2.06. The smallest absolute Gasteiger partial charge is 0.330 e. The number of methoxy groups -OCH3 is 2. The van der Waals surface area contributed by atoms with Crippen molar-refractivity contribution in [1.29, 1.82) is 0 Å². The number of benzene rings is 1. The van der Waals surface area contributed by atoms with Gasteiger partial charge >= 0.3 is 11.9 Å². The van der Waals surface area contributed by atoms with Gasteiger partial charge in [0.1, 0.15) is 6.04 Å². The number of ether oxygens (including phenoxy) is 2. The molecule has 0 heterocycles. The van der Waals surface area contributed by atoms with Gasteiger partial charge < -0.3 is 9.47 Å². The lowest BCUT2D eigenvalue weighted by Gasteiger charge is -2.09. The Morgan fingerprint density at radius 1 is 1.21 bits per heavy atom. The Bertz CT molecular complexity index is 442. The van der Waals surface area contributed by atoms with Crippen LogP contribution in [0, 0.1) is 0 Å². The molecule has 0 aliphatic heterocycles. The molecule has 0 saturated heterocycles. The Morgan fingerprint density at radius 3 is 2.47 bits per heavy atom. The Labute approximate surface area is 112 Å². The van der Waals surface area contributed by atoms with Gasteiger partial charge in [-0.3, -0.25) is 9.79 Å². The largest absolute Gasteiger partial charge is 0.469 e. The summed E-state index contributed by atoms with van der Waals surface area (Å²) in [5, 5.41) is 0. The van der Waals surface area contributed by atoms with Crippen LogP contribution in [0.1, 0.15) is 18.4 Å². The Hall–Kier alpha value is -2.17. The molecule has 1 atom stereocenters. The minimum absolute atomic E-state index is 0.127. The second-order valence-corrected chi connectivity index (χ2v) is 3.84. The SMILES string of the molecule is COC(=O)CC[C@H](N=Cc1ccccc1)C(=O)OC. The Kier molecular flexibility index (Phi) is 6.29. The van der Waals surface area contributed by atoms with Crippen LogP contribution in [0.2, 0.25) is 0 Å². The van der Waals surface area contributed by atoms with Gasteiger partial charge in [-0.15, -0.1) is 0 Å². The van der Waals surface area contributed by atoms with E-state index in [9.17, 15) is 9.59 Å². The molecule has 0 radical (unpaired) electrons. The van der Waals surface area contributed by atoms with Gasteiger partial charge in [-0.2, -0.15) is 0 Å². The zero-order valence-corrected chi connectivity index (χ0v) is 11.0. The number of carbonyl (C=O) groups excluding carboxylic acids is 2. The molecule has 0 unspecified atom stereocenters. The van der Waals surface area contributed by atoms with Crippen molar-refractivity contribution in [1.82, 2.24) is 0 Å². The zero-order valence-electron chi connectivity index (χ0n) is 11.0. The van der Waals surface area contributed by atoms with E-state index >= 15 is 0 Å². The van der Waals surface area contributed by atoms with Gasteiger partial charge in [0, 0.05) is 12.6 Å². The minimum Gasteiger partial charge on any atom is -0.469 e. The molecule has 1 aromatic carbocycles. The van der Waals surface area contributed by atoms with Crippen molar-refractivity contribution >= 4 is 18.2 Å². The van der Waals surface area contributed by atoms with Crippen LogP contribution in [0.3, 0.4) is 0 Å². The maximum Gasteiger partial charge on any atom is 0.330 e. The summed E-state index contributed by atoms with van der Waals surface area (Å²) in [7, 11) is 2.61. The first-order chi connectivity index (χ1) is 9.17. The summed E-state index contributed by atoms with van der Waals surface area (Å²) in [6.07, 6.45) is 1.99. The van der Waals surface area contributed by atoms with Crippen LogP contribution in [-0.4, -0.2) is 38.4 Å². The summed E-state index contributed by atoms with van der Waals surface area (Å²) in [4.78, 5) is 26.8. The van der Waals surface area contributed by atoms with E-state index in [0.717, 1.165) is 5.56 Å². The molecule has 5 heteroatoms. The van der Waals surface area contributed by atoms with Crippen LogP contribution in [-0.2, 0) is 19.1 Å². The van der Waals surface area contributed by atoms with Gasteiger partial charge in [-0.1, -0.05) is 30.3 Å². The molecule has 0 spiro atoms. The molecular weight excluding hydrogens is 246 g/mol. The Morgan fingerprint density at radius 2 is 1.89 bits per heavy atom. The highest BCUT2D eigenvalue weighted by atomic mass is 16.5. The van der Waals surface area contributed by atoms with Gasteiger partial charge in [0.2, 0.25) is 0 Å². The van der Waals surface area contributed by atoms with Crippen molar-refractivity contribution in [3.05, 3.63) is 35.9 Å². The Balaban J connectivity index is 2.67. The maximum absolute atomic E-state index is 11.5. The third-order valence-electron chi connectivity index (χ3n) is 2.53. The molecule has 102 valence electrons. The molecular formula is C14H17NO4. The monoisotopic (exact) mass is 263 g/mol. The molecule has 0 aliphatic carbocycles. The molecule has 0 bridgehead atoms. The van der Waals surface area contributed by atoms with Gasteiger partial charge in [-0.05, 0) is 12.0 Å². The topological polar surface area (TPSA) is 65.0 Å². The average Bonchev–Trinajstić information content (AvgIpc) is 2.47. The van der Waals surface area contributed by atoms with Crippen molar-refractivity contribution in [3.8, 4) is 0 Å². The van der Waals surface area contributed by atoms with Crippen LogP contribution >= 0.6 is 0 Å². The molecule has 0 saturated carbocycles. The standard InChI is InChI=1S/C14H17NO4/c1-18-13(16)9-8-12(14(17)19-2)15-10-11-6-4-3-5-7-11/h3-7,10,12H,8-9H2,1-2H3/t12-/m0/s1. The number of esters is 2. The third-order valence-corrected chi connectivity index (χ3v) is 2.53.